The lowest BCUT2D eigenvalue weighted by Crippen LogP contribution is -2.24. The van der Waals surface area contributed by atoms with E-state index in [1.54, 1.807) is 4.57 Å². The normalized spacial score (nSPS) is 25.0. The molecule has 0 spiro atoms. The third-order valence-corrected chi connectivity index (χ3v) is 3.43. The third kappa shape index (κ3) is 2.57. The maximum atomic E-state index is 9.83. The summed E-state index contributed by atoms with van der Waals surface area (Å²) in [5.41, 5.74) is 6.45. The summed E-state index contributed by atoms with van der Waals surface area (Å²) >= 11 is 0. The zero-order valence-electron chi connectivity index (χ0n) is 11.7. The third-order valence-electron chi connectivity index (χ3n) is 3.43. The number of fused-ring (bicyclic) bond motifs is 1. The zero-order chi connectivity index (χ0) is 15.7. The number of ether oxygens (including phenoxy) is 2. The second-order valence-electron chi connectivity index (χ2n) is 4.90. The lowest BCUT2D eigenvalue weighted by Gasteiger charge is -2.13. The van der Waals surface area contributed by atoms with Crippen molar-refractivity contribution < 1.29 is 24.8 Å². The van der Waals surface area contributed by atoms with Gasteiger partial charge < -0.3 is 30.5 Å². The van der Waals surface area contributed by atoms with Gasteiger partial charge in [-0.1, -0.05) is 0 Å². The van der Waals surface area contributed by atoms with E-state index in [9.17, 15) is 5.11 Å². The maximum absolute atomic E-state index is 9.83. The van der Waals surface area contributed by atoms with E-state index in [4.69, 9.17) is 25.4 Å². The monoisotopic (exact) mass is 311 g/mol. The summed E-state index contributed by atoms with van der Waals surface area (Å²) in [6.07, 6.45) is -0.143. The number of hydrogen-bond donors (Lipinski definition) is 4. The molecule has 5 N–H and O–H groups in total. The van der Waals surface area contributed by atoms with E-state index in [0.29, 0.717) is 17.6 Å². The average Bonchev–Trinajstić information content (AvgIpc) is 3.07. The van der Waals surface area contributed by atoms with E-state index in [1.165, 1.54) is 6.33 Å². The highest BCUT2D eigenvalue weighted by molar-refractivity contribution is 5.77. The molecule has 1 aliphatic heterocycles. The van der Waals surface area contributed by atoms with Gasteiger partial charge in [-0.25, -0.2) is 4.98 Å². The summed E-state index contributed by atoms with van der Waals surface area (Å²) in [7, 11) is 0. The van der Waals surface area contributed by atoms with Gasteiger partial charge in [0.1, 0.15) is 18.9 Å². The average molecular weight is 311 g/mol. The molecule has 0 aromatic carbocycles. The molecule has 0 bridgehead atoms. The van der Waals surface area contributed by atoms with E-state index < -0.39 is 18.4 Å². The van der Waals surface area contributed by atoms with E-state index >= 15 is 0 Å². The Labute approximate surface area is 125 Å². The predicted octanol–water partition coefficient (Wildman–Crippen LogP) is -1.58. The van der Waals surface area contributed by atoms with Gasteiger partial charge in [-0.2, -0.15) is 9.97 Å². The number of aromatic nitrogens is 4. The fourth-order valence-corrected chi connectivity index (χ4v) is 2.41. The number of aliphatic hydroxyl groups excluding tert-OH is 3. The Morgan fingerprint density at radius 1 is 1.41 bits per heavy atom. The summed E-state index contributed by atoms with van der Waals surface area (Å²) in [5, 5.41) is 27.8. The van der Waals surface area contributed by atoms with E-state index in [-0.39, 0.29) is 31.6 Å². The molecule has 0 amide bonds. The van der Waals surface area contributed by atoms with Crippen molar-refractivity contribution in [3.63, 3.8) is 0 Å². The van der Waals surface area contributed by atoms with E-state index in [1.807, 2.05) is 0 Å². The number of rotatable bonds is 5. The fraction of sp³-hybridized carbons (Fsp3) is 0.583. The largest absolute Gasteiger partial charge is 0.474 e. The van der Waals surface area contributed by atoms with Crippen LogP contribution in [0, 0.1) is 0 Å². The van der Waals surface area contributed by atoms with Crippen LogP contribution in [-0.4, -0.2) is 66.9 Å². The van der Waals surface area contributed by atoms with Crippen LogP contribution >= 0.6 is 0 Å². The maximum Gasteiger partial charge on any atom is 0.247 e. The van der Waals surface area contributed by atoms with Crippen molar-refractivity contribution >= 4 is 17.1 Å². The molecule has 0 radical (unpaired) electrons. The Hall–Kier alpha value is -2.01. The Balaban J connectivity index is 1.96. The van der Waals surface area contributed by atoms with Crippen LogP contribution in [0.5, 0.6) is 5.88 Å². The number of anilines is 1. The molecular formula is C12H17N5O5. The topological polar surface area (TPSA) is 149 Å². The summed E-state index contributed by atoms with van der Waals surface area (Å²) in [6.45, 7) is -0.377. The molecule has 2 aromatic heterocycles. The molecular weight excluding hydrogens is 294 g/mol. The van der Waals surface area contributed by atoms with Crippen molar-refractivity contribution in [2.24, 2.45) is 0 Å². The van der Waals surface area contributed by atoms with Crippen LogP contribution in [0.4, 0.5) is 5.95 Å². The van der Waals surface area contributed by atoms with Crippen LogP contribution in [0.3, 0.4) is 0 Å². The molecule has 1 aliphatic rings. The zero-order valence-corrected chi connectivity index (χ0v) is 11.7. The Morgan fingerprint density at radius 3 is 2.91 bits per heavy atom. The Kier molecular flexibility index (Phi) is 4.07. The van der Waals surface area contributed by atoms with Crippen molar-refractivity contribution in [1.82, 2.24) is 19.5 Å². The first-order valence-corrected chi connectivity index (χ1v) is 6.82. The SMILES string of the molecule is Nc1nc(OCCO)c2ncn([C@H]3C[C@@H](O)[C@@H](CO)O3)c2n1. The number of aliphatic hydroxyl groups is 3. The van der Waals surface area contributed by atoms with Gasteiger partial charge >= 0.3 is 0 Å². The van der Waals surface area contributed by atoms with E-state index in [2.05, 4.69) is 15.0 Å². The molecule has 10 nitrogen and oxygen atoms in total. The minimum Gasteiger partial charge on any atom is -0.474 e. The molecule has 1 saturated heterocycles. The highest BCUT2D eigenvalue weighted by Crippen LogP contribution is 2.32. The van der Waals surface area contributed by atoms with Crippen molar-refractivity contribution in [2.75, 3.05) is 25.6 Å². The first kappa shape index (κ1) is 14.9. The van der Waals surface area contributed by atoms with Gasteiger partial charge in [0, 0.05) is 6.42 Å². The van der Waals surface area contributed by atoms with Crippen LogP contribution in [0.2, 0.25) is 0 Å². The fourth-order valence-electron chi connectivity index (χ4n) is 2.41. The summed E-state index contributed by atoms with van der Waals surface area (Å²) in [4.78, 5) is 12.3. The second kappa shape index (κ2) is 6.01. The van der Waals surface area contributed by atoms with E-state index in [0.717, 1.165) is 0 Å². The van der Waals surface area contributed by atoms with Gasteiger partial charge in [0.05, 0.1) is 25.6 Å². The number of nitrogens with zero attached hydrogens (tertiary/aromatic N) is 4. The Bertz CT molecular complexity index is 663. The molecule has 0 aliphatic carbocycles. The standard InChI is InChI=1S/C12H17N5O5/c13-12-15-10-9(11(16-12)21-2-1-18)14-5-17(10)8-3-6(20)7(4-19)22-8/h5-8,18-20H,1-4H2,(H2,13,15,16)/t6-,7-,8-/m1/s1. The molecule has 3 atom stereocenters. The van der Waals surface area contributed by atoms with Crippen molar-refractivity contribution in [2.45, 2.75) is 24.9 Å². The van der Waals surface area contributed by atoms with Crippen LogP contribution < -0.4 is 10.5 Å². The summed E-state index contributed by atoms with van der Waals surface area (Å²) < 4.78 is 12.5. The molecule has 3 heterocycles. The predicted molar refractivity (Wildman–Crippen MR) is 73.9 cm³/mol. The van der Waals surface area contributed by atoms with Crippen LogP contribution in [0.1, 0.15) is 12.6 Å². The molecule has 22 heavy (non-hydrogen) atoms. The summed E-state index contributed by atoms with van der Waals surface area (Å²) in [5.74, 6) is 0.173. The summed E-state index contributed by atoms with van der Waals surface area (Å²) in [6, 6.07) is 0. The molecule has 0 saturated carbocycles. The highest BCUT2D eigenvalue weighted by atomic mass is 16.5. The van der Waals surface area contributed by atoms with Gasteiger partial charge in [-0.05, 0) is 0 Å². The number of nitrogen functional groups attached to an aromatic ring is 1. The minimum absolute atomic E-state index is 0.000515. The molecule has 1 fully saturated rings. The van der Waals surface area contributed by atoms with Crippen molar-refractivity contribution in [3.05, 3.63) is 6.33 Å². The molecule has 3 rings (SSSR count). The van der Waals surface area contributed by atoms with Crippen LogP contribution in [0.15, 0.2) is 6.33 Å². The van der Waals surface area contributed by atoms with Gasteiger partial charge in [0.2, 0.25) is 11.8 Å². The molecule has 10 heteroatoms. The van der Waals surface area contributed by atoms with Crippen molar-refractivity contribution in [3.8, 4) is 5.88 Å². The molecule has 0 unspecified atom stereocenters. The van der Waals surface area contributed by atoms with Gasteiger partial charge in [-0.15, -0.1) is 0 Å². The highest BCUT2D eigenvalue weighted by Gasteiger charge is 2.35. The number of imidazole rings is 1. The lowest BCUT2D eigenvalue weighted by atomic mass is 10.2. The van der Waals surface area contributed by atoms with Gasteiger partial charge in [0.15, 0.2) is 11.2 Å². The van der Waals surface area contributed by atoms with Crippen molar-refractivity contribution in [1.29, 1.82) is 0 Å². The second-order valence-corrected chi connectivity index (χ2v) is 4.90. The smallest absolute Gasteiger partial charge is 0.247 e. The molecule has 2 aromatic rings. The van der Waals surface area contributed by atoms with Gasteiger partial charge in [0.25, 0.3) is 0 Å². The van der Waals surface area contributed by atoms with Crippen LogP contribution in [-0.2, 0) is 4.74 Å². The first-order valence-electron chi connectivity index (χ1n) is 6.82. The van der Waals surface area contributed by atoms with Crippen LogP contribution in [0.25, 0.3) is 11.2 Å². The first-order chi connectivity index (χ1) is 10.6. The molecule has 120 valence electrons. The quantitative estimate of drug-likeness (QED) is 0.513. The van der Waals surface area contributed by atoms with Gasteiger partial charge in [-0.3, -0.25) is 4.57 Å². The minimum atomic E-state index is -0.767. The Morgan fingerprint density at radius 2 is 2.23 bits per heavy atom. The number of hydrogen-bond acceptors (Lipinski definition) is 9. The number of nitrogens with two attached hydrogens (primary N) is 1. The lowest BCUT2D eigenvalue weighted by molar-refractivity contribution is -0.0432.